The number of Topliss-reactive ketones (excluding diaryl/α,β-unsaturated/α-hetero) is 1. The maximum absolute atomic E-state index is 13.2. The summed E-state index contributed by atoms with van der Waals surface area (Å²) in [5, 5.41) is 27.2. The molecule has 146 valence electrons. The molecule has 4 N–H and O–H groups in total. The van der Waals surface area contributed by atoms with Crippen molar-refractivity contribution < 1.29 is 15.0 Å². The van der Waals surface area contributed by atoms with Crippen LogP contribution in [0.3, 0.4) is 0 Å². The van der Waals surface area contributed by atoms with Gasteiger partial charge in [0.1, 0.15) is 11.5 Å². The fraction of sp³-hybridized carbons (Fsp3) is 0.348. The van der Waals surface area contributed by atoms with E-state index >= 15 is 0 Å². The van der Waals surface area contributed by atoms with Crippen molar-refractivity contribution in [2.24, 2.45) is 5.41 Å². The van der Waals surface area contributed by atoms with Gasteiger partial charge in [0.05, 0.1) is 17.4 Å². The first kappa shape index (κ1) is 18.4. The van der Waals surface area contributed by atoms with Gasteiger partial charge in [-0.1, -0.05) is 13.8 Å². The van der Waals surface area contributed by atoms with Gasteiger partial charge in [-0.05, 0) is 61.1 Å². The van der Waals surface area contributed by atoms with Crippen molar-refractivity contribution >= 4 is 17.2 Å². The third kappa shape index (κ3) is 3.11. The minimum atomic E-state index is -0.491. The molecule has 2 aromatic carbocycles. The van der Waals surface area contributed by atoms with Crippen LogP contribution in [-0.4, -0.2) is 16.0 Å². The number of phenols is 2. The van der Waals surface area contributed by atoms with Crippen molar-refractivity contribution in [2.75, 3.05) is 10.6 Å². The summed E-state index contributed by atoms with van der Waals surface area (Å²) in [6.07, 6.45) is 1.20. The zero-order valence-electron chi connectivity index (χ0n) is 16.7. The molecule has 0 spiro atoms. The van der Waals surface area contributed by atoms with Crippen LogP contribution in [0.1, 0.15) is 49.4 Å². The topological polar surface area (TPSA) is 81.6 Å². The first-order valence-electron chi connectivity index (χ1n) is 9.57. The highest BCUT2D eigenvalue weighted by Gasteiger charge is 2.39. The number of benzene rings is 2. The maximum atomic E-state index is 13.2. The Hall–Kier alpha value is -2.95. The Morgan fingerprint density at radius 2 is 1.68 bits per heavy atom. The Kier molecular flexibility index (Phi) is 4.14. The fourth-order valence-corrected chi connectivity index (χ4v) is 4.22. The molecule has 0 bridgehead atoms. The Bertz CT molecular complexity index is 1020. The normalized spacial score (nSPS) is 20.6. The van der Waals surface area contributed by atoms with Crippen LogP contribution in [0.4, 0.5) is 11.4 Å². The number of carbonyl (C=O) groups is 1. The van der Waals surface area contributed by atoms with E-state index in [0.717, 1.165) is 29.1 Å². The van der Waals surface area contributed by atoms with Gasteiger partial charge in [0.15, 0.2) is 5.78 Å². The van der Waals surface area contributed by atoms with E-state index in [-0.39, 0.29) is 22.7 Å². The van der Waals surface area contributed by atoms with Crippen LogP contribution in [-0.2, 0) is 4.79 Å². The number of hydrogen-bond donors (Lipinski definition) is 4. The number of hydrogen-bond acceptors (Lipinski definition) is 5. The molecule has 0 saturated carbocycles. The number of nitrogens with one attached hydrogen (secondary N) is 2. The number of aromatic hydroxyl groups is 2. The summed E-state index contributed by atoms with van der Waals surface area (Å²) in [5.74, 6) is 0.0319. The molecule has 28 heavy (non-hydrogen) atoms. The van der Waals surface area contributed by atoms with Crippen molar-refractivity contribution in [1.82, 2.24) is 0 Å². The monoisotopic (exact) mass is 378 g/mol. The second kappa shape index (κ2) is 6.30. The highest BCUT2D eigenvalue weighted by atomic mass is 16.3. The molecular weight excluding hydrogens is 352 g/mol. The predicted molar refractivity (Wildman–Crippen MR) is 111 cm³/mol. The van der Waals surface area contributed by atoms with Crippen LogP contribution in [0, 0.1) is 19.3 Å². The van der Waals surface area contributed by atoms with Gasteiger partial charge < -0.3 is 20.8 Å². The summed E-state index contributed by atoms with van der Waals surface area (Å²) in [5.41, 5.74) is 6.14. The smallest absolute Gasteiger partial charge is 0.163 e. The van der Waals surface area contributed by atoms with Gasteiger partial charge in [-0.25, -0.2) is 0 Å². The number of carbonyl (C=O) groups excluding carboxylic acids is 1. The van der Waals surface area contributed by atoms with Gasteiger partial charge in [0.25, 0.3) is 0 Å². The molecule has 0 amide bonds. The minimum absolute atomic E-state index is 0.00910. The quantitative estimate of drug-likeness (QED) is 0.565. The molecular formula is C23H26N2O3. The SMILES string of the molecule is Cc1cc2c(cc1C)N[C@H](c1ccc(O)cc1O)C1=C(CC(C)(C)CC1=O)N2. The molecule has 1 heterocycles. The first-order chi connectivity index (χ1) is 13.1. The second-order valence-corrected chi connectivity index (χ2v) is 8.76. The zero-order valence-corrected chi connectivity index (χ0v) is 16.7. The molecule has 2 aromatic rings. The summed E-state index contributed by atoms with van der Waals surface area (Å²) in [4.78, 5) is 13.2. The van der Waals surface area contributed by atoms with E-state index in [0.29, 0.717) is 17.6 Å². The van der Waals surface area contributed by atoms with Gasteiger partial charge in [-0.15, -0.1) is 0 Å². The van der Waals surface area contributed by atoms with E-state index in [4.69, 9.17) is 0 Å². The van der Waals surface area contributed by atoms with E-state index in [1.54, 1.807) is 6.07 Å². The van der Waals surface area contributed by atoms with E-state index in [1.165, 1.54) is 17.7 Å². The van der Waals surface area contributed by atoms with E-state index in [2.05, 4.69) is 50.5 Å². The molecule has 0 saturated heterocycles. The average Bonchev–Trinajstić information content (AvgIpc) is 2.71. The molecule has 0 aromatic heterocycles. The number of anilines is 2. The second-order valence-electron chi connectivity index (χ2n) is 8.76. The van der Waals surface area contributed by atoms with Crippen LogP contribution in [0.2, 0.25) is 0 Å². The number of phenolic OH excluding ortho intramolecular Hbond substituents is 2. The Balaban J connectivity index is 1.93. The number of rotatable bonds is 1. The minimum Gasteiger partial charge on any atom is -0.508 e. The lowest BCUT2D eigenvalue weighted by Crippen LogP contribution is -2.31. The lowest BCUT2D eigenvalue weighted by molar-refractivity contribution is -0.118. The van der Waals surface area contributed by atoms with Crippen LogP contribution in [0.5, 0.6) is 11.5 Å². The number of aryl methyl sites for hydroxylation is 2. The van der Waals surface area contributed by atoms with Gasteiger partial charge in [0, 0.05) is 29.3 Å². The van der Waals surface area contributed by atoms with Crippen molar-refractivity contribution in [3.05, 3.63) is 58.3 Å². The standard InChI is InChI=1S/C23H26N2O3/c1-12-7-16-17(8-13(12)2)25-22(15-6-5-14(26)9-19(15)27)21-18(24-16)10-23(3,4)11-20(21)28/h5-9,22,24-27H,10-11H2,1-4H3/t22-/m1/s1. The molecule has 0 radical (unpaired) electrons. The van der Waals surface area contributed by atoms with Crippen LogP contribution >= 0.6 is 0 Å². The Labute approximate surface area is 165 Å². The molecule has 1 atom stereocenters. The van der Waals surface area contributed by atoms with Crippen molar-refractivity contribution in [2.45, 2.75) is 46.6 Å². The predicted octanol–water partition coefficient (Wildman–Crippen LogP) is 4.94. The average molecular weight is 378 g/mol. The first-order valence-corrected chi connectivity index (χ1v) is 9.57. The molecule has 4 rings (SSSR count). The van der Waals surface area contributed by atoms with Crippen molar-refractivity contribution in [3.8, 4) is 11.5 Å². The van der Waals surface area contributed by atoms with E-state index in [9.17, 15) is 15.0 Å². The third-order valence-corrected chi connectivity index (χ3v) is 5.75. The fourth-order valence-electron chi connectivity index (χ4n) is 4.22. The lowest BCUT2D eigenvalue weighted by Gasteiger charge is -2.34. The van der Waals surface area contributed by atoms with Crippen LogP contribution in [0.15, 0.2) is 41.6 Å². The summed E-state index contributed by atoms with van der Waals surface area (Å²) >= 11 is 0. The molecule has 5 heteroatoms. The van der Waals surface area contributed by atoms with Crippen LogP contribution in [0.25, 0.3) is 0 Å². The highest BCUT2D eigenvalue weighted by molar-refractivity contribution is 6.01. The van der Waals surface area contributed by atoms with Crippen molar-refractivity contribution in [1.29, 1.82) is 0 Å². The maximum Gasteiger partial charge on any atom is 0.163 e. The highest BCUT2D eigenvalue weighted by Crippen LogP contribution is 2.47. The van der Waals surface area contributed by atoms with Gasteiger partial charge in [0.2, 0.25) is 0 Å². The van der Waals surface area contributed by atoms with Gasteiger partial charge >= 0.3 is 0 Å². The number of ketones is 1. The lowest BCUT2D eigenvalue weighted by atomic mass is 9.73. The van der Waals surface area contributed by atoms with E-state index < -0.39 is 6.04 Å². The summed E-state index contributed by atoms with van der Waals surface area (Å²) in [6.45, 7) is 8.32. The van der Waals surface area contributed by atoms with Crippen molar-refractivity contribution in [3.63, 3.8) is 0 Å². The summed E-state index contributed by atoms with van der Waals surface area (Å²) in [7, 11) is 0. The molecule has 2 aliphatic rings. The molecule has 1 aliphatic heterocycles. The van der Waals surface area contributed by atoms with Gasteiger partial charge in [-0.3, -0.25) is 4.79 Å². The van der Waals surface area contributed by atoms with Gasteiger partial charge in [-0.2, -0.15) is 0 Å². The zero-order chi connectivity index (χ0) is 20.2. The Morgan fingerprint density at radius 3 is 2.36 bits per heavy atom. The third-order valence-electron chi connectivity index (χ3n) is 5.75. The number of allylic oxidation sites excluding steroid dienone is 1. The van der Waals surface area contributed by atoms with Crippen LogP contribution < -0.4 is 10.6 Å². The summed E-state index contributed by atoms with van der Waals surface area (Å²) < 4.78 is 0. The molecule has 1 aliphatic carbocycles. The van der Waals surface area contributed by atoms with E-state index in [1.807, 2.05) is 0 Å². The Morgan fingerprint density at radius 1 is 1.00 bits per heavy atom. The largest absolute Gasteiger partial charge is 0.508 e. The molecule has 5 nitrogen and oxygen atoms in total. The molecule has 0 unspecified atom stereocenters. The number of fused-ring (bicyclic) bond motifs is 1. The molecule has 0 fully saturated rings. The summed E-state index contributed by atoms with van der Waals surface area (Å²) in [6, 6.07) is 8.19.